The number of nitrogens with two attached hydrogens (primary N) is 1. The van der Waals surface area contributed by atoms with Gasteiger partial charge in [-0.3, -0.25) is 27.5 Å². The average molecular weight is 794 g/mol. The smallest absolute Gasteiger partial charge is 0.382 e. The van der Waals surface area contributed by atoms with Gasteiger partial charge in [0.2, 0.25) is 5.91 Å². The van der Waals surface area contributed by atoms with E-state index in [-0.39, 0.29) is 46.3 Å². The number of ether oxygens (including phenoxy) is 2. The first-order chi connectivity index (χ1) is 24.4. The molecule has 7 heterocycles. The van der Waals surface area contributed by atoms with E-state index in [0.717, 1.165) is 12.7 Å². The Kier molecular flexibility index (Phi) is 10.4. The third kappa shape index (κ3) is 7.37. The van der Waals surface area contributed by atoms with Gasteiger partial charge in [0, 0.05) is 6.42 Å². The number of aromatic nitrogens is 8. The number of halogens is 2. The lowest BCUT2D eigenvalue weighted by molar-refractivity contribution is -0.116. The molecule has 4 aromatic heterocycles. The van der Waals surface area contributed by atoms with E-state index in [9.17, 15) is 14.3 Å². The van der Waals surface area contributed by atoms with E-state index in [1.807, 2.05) is 0 Å². The van der Waals surface area contributed by atoms with Crippen LogP contribution in [-0.4, -0.2) is 113 Å². The van der Waals surface area contributed by atoms with Crippen molar-refractivity contribution in [3.05, 3.63) is 25.3 Å². The molecular weight excluding hydrogens is 762 g/mol. The summed E-state index contributed by atoms with van der Waals surface area (Å²) in [5.41, 5.74) is 6.42. The molecule has 3 saturated heterocycles. The van der Waals surface area contributed by atoms with Crippen molar-refractivity contribution in [2.45, 2.75) is 62.1 Å². The number of carbonyl (C=O) groups is 1. The van der Waals surface area contributed by atoms with Gasteiger partial charge >= 0.3 is 13.5 Å². The van der Waals surface area contributed by atoms with Gasteiger partial charge in [-0.15, -0.1) is 0 Å². The lowest BCUT2D eigenvalue weighted by Gasteiger charge is -2.29. The molecule has 4 unspecified atom stereocenters. The summed E-state index contributed by atoms with van der Waals surface area (Å²) in [6.45, 7) is -9.41. The van der Waals surface area contributed by atoms with Crippen LogP contribution in [0.3, 0.4) is 0 Å². The first-order valence-electron chi connectivity index (χ1n) is 15.3. The van der Waals surface area contributed by atoms with Crippen LogP contribution in [-0.2, 0) is 48.7 Å². The number of rotatable bonds is 7. The van der Waals surface area contributed by atoms with Gasteiger partial charge in [-0.1, -0.05) is 12.2 Å². The number of nitrogens with zero attached hydrogens (tertiary/aromatic N) is 8. The highest BCUT2D eigenvalue weighted by Gasteiger charge is 2.54. The molecule has 0 aromatic carbocycles. The Balaban J connectivity index is 1.11. The van der Waals surface area contributed by atoms with E-state index in [1.54, 1.807) is 7.05 Å². The van der Waals surface area contributed by atoms with Crippen molar-refractivity contribution >= 4 is 77.4 Å². The van der Waals surface area contributed by atoms with E-state index in [2.05, 4.69) is 52.8 Å². The van der Waals surface area contributed by atoms with Gasteiger partial charge < -0.3 is 35.3 Å². The molecule has 51 heavy (non-hydrogen) atoms. The molecule has 7 rings (SSSR count). The summed E-state index contributed by atoms with van der Waals surface area (Å²) in [6.07, 6.45) is -7.50. The molecular formula is C25H31F2N11O9P2S2. The van der Waals surface area contributed by atoms with E-state index in [1.165, 1.54) is 21.8 Å². The zero-order valence-electron chi connectivity index (χ0n) is 26.3. The fourth-order valence-electron chi connectivity index (χ4n) is 5.87. The predicted molar refractivity (Wildman–Crippen MR) is 179 cm³/mol. The maximum atomic E-state index is 16.3. The second kappa shape index (κ2) is 14.5. The molecule has 5 N–H and O–H groups in total. The monoisotopic (exact) mass is 793 g/mol. The molecule has 3 aliphatic rings. The standard InChI is InChI=1S/C25H31F2N11O9P2S2/c1-29-4-2-3-13(39)36-21-17-23(33-8-31-21)38(10-35-17)25-15(27)19-12(45-25)6-43-48(40,50)46-18-11(5-42-49(41,51)47-19)44-24(14(18)26)37-9-34-16-20(28)30-7-32-22(16)37/h7-12,14-15,18-19,24-25,29H,2-6H2,1H3,(H,40,50)(H,41,51)(H2,28,30,32)(H,31,33,36,39)/t11-,12-,14-,15-,18?,19?,24-,25-,48?,49?/m1/s1. The van der Waals surface area contributed by atoms with Crippen LogP contribution in [0.2, 0.25) is 0 Å². The van der Waals surface area contributed by atoms with Gasteiger partial charge in [0.15, 0.2) is 53.2 Å². The summed E-state index contributed by atoms with van der Waals surface area (Å²) < 4.78 is 82.3. The fraction of sp³-hybridized carbons (Fsp3) is 0.560. The lowest BCUT2D eigenvalue weighted by Crippen LogP contribution is -2.37. The zero-order chi connectivity index (χ0) is 36.1. The quantitative estimate of drug-likeness (QED) is 0.102. The third-order valence-electron chi connectivity index (χ3n) is 8.23. The summed E-state index contributed by atoms with van der Waals surface area (Å²) in [6, 6.07) is 0. The van der Waals surface area contributed by atoms with Crippen molar-refractivity contribution in [1.82, 2.24) is 44.4 Å². The number of amides is 1. The minimum atomic E-state index is -4.44. The molecule has 0 aliphatic carbocycles. The molecule has 4 aromatic rings. The number of alkyl halides is 2. The number of nitrogen functional groups attached to an aromatic ring is 1. The van der Waals surface area contributed by atoms with Crippen LogP contribution in [0.4, 0.5) is 20.4 Å². The first kappa shape index (κ1) is 36.5. The van der Waals surface area contributed by atoms with Crippen LogP contribution < -0.4 is 16.4 Å². The van der Waals surface area contributed by atoms with Crippen LogP contribution in [0, 0.1) is 0 Å². The molecule has 10 atom stereocenters. The normalized spacial score (nSPS) is 34.5. The van der Waals surface area contributed by atoms with Gasteiger partial charge in [0.05, 0.1) is 25.9 Å². The van der Waals surface area contributed by atoms with E-state index in [4.69, 9.17) is 45.1 Å². The molecule has 0 spiro atoms. The number of imidazole rings is 2. The van der Waals surface area contributed by atoms with E-state index in [0.29, 0.717) is 13.0 Å². The SMILES string of the molecule is CNCCCC(=O)Nc1ncnc2c1ncn2[C@@H]1O[C@@H]2COP(O)(=S)OC3[C@@H](F)[C@H](n4cnc5c(N)ncnc54)O[C@@H]3COP(=O)(S)OC2[C@H]1F. The van der Waals surface area contributed by atoms with Crippen LogP contribution in [0.25, 0.3) is 22.3 Å². The number of anilines is 2. The molecule has 3 aliphatic heterocycles. The molecule has 3 fully saturated rings. The molecule has 20 nitrogen and oxygen atoms in total. The Labute approximate surface area is 297 Å². The molecule has 1 amide bonds. The maximum Gasteiger partial charge on any atom is 0.386 e. The highest BCUT2D eigenvalue weighted by atomic mass is 32.7. The van der Waals surface area contributed by atoms with Crippen molar-refractivity contribution in [3.8, 4) is 0 Å². The molecule has 26 heteroatoms. The first-order valence-corrected chi connectivity index (χ1v) is 20.6. The summed E-state index contributed by atoms with van der Waals surface area (Å²) in [7, 11) is 1.77. The van der Waals surface area contributed by atoms with Crippen molar-refractivity contribution in [2.24, 2.45) is 0 Å². The van der Waals surface area contributed by atoms with Gasteiger partial charge in [-0.25, -0.2) is 43.2 Å². The van der Waals surface area contributed by atoms with Crippen molar-refractivity contribution in [1.29, 1.82) is 0 Å². The number of fused-ring (bicyclic) bond motifs is 4. The largest absolute Gasteiger partial charge is 0.386 e. The third-order valence-corrected chi connectivity index (χ3v) is 11.4. The molecule has 0 saturated carbocycles. The summed E-state index contributed by atoms with van der Waals surface area (Å²) in [4.78, 5) is 48.1. The number of hydrogen-bond donors (Lipinski definition) is 5. The minimum Gasteiger partial charge on any atom is -0.382 e. The Morgan fingerprint density at radius 2 is 1.57 bits per heavy atom. The minimum absolute atomic E-state index is 0.0471. The molecule has 276 valence electrons. The Morgan fingerprint density at radius 3 is 2.24 bits per heavy atom. The van der Waals surface area contributed by atoms with Gasteiger partial charge in [-0.2, -0.15) is 0 Å². The van der Waals surface area contributed by atoms with Crippen molar-refractivity contribution in [3.63, 3.8) is 0 Å². The number of hydrogen-bond acceptors (Lipinski definition) is 17. The van der Waals surface area contributed by atoms with E-state index >= 15 is 8.78 Å². The molecule has 0 radical (unpaired) electrons. The summed E-state index contributed by atoms with van der Waals surface area (Å²) >= 11 is 9.23. The van der Waals surface area contributed by atoms with Gasteiger partial charge in [0.25, 0.3) is 0 Å². The van der Waals surface area contributed by atoms with Crippen LogP contribution in [0.15, 0.2) is 25.3 Å². The van der Waals surface area contributed by atoms with E-state index < -0.39 is 75.9 Å². The number of carbonyl (C=O) groups excluding carboxylic acids is 1. The van der Waals surface area contributed by atoms with Crippen LogP contribution >= 0.6 is 25.8 Å². The van der Waals surface area contributed by atoms with Crippen LogP contribution in [0.5, 0.6) is 0 Å². The maximum absolute atomic E-state index is 16.3. The molecule has 0 bridgehead atoms. The van der Waals surface area contributed by atoms with Crippen molar-refractivity contribution in [2.75, 3.05) is 37.9 Å². The topological polar surface area (TPSA) is 247 Å². The highest BCUT2D eigenvalue weighted by molar-refractivity contribution is 8.44. The van der Waals surface area contributed by atoms with Gasteiger partial charge in [-0.05, 0) is 31.8 Å². The lowest BCUT2D eigenvalue weighted by atomic mass is 10.1. The van der Waals surface area contributed by atoms with Crippen LogP contribution in [0.1, 0.15) is 25.3 Å². The zero-order valence-corrected chi connectivity index (χ0v) is 29.8. The second-order valence-corrected chi connectivity index (χ2v) is 17.2. The Hall–Kier alpha value is -2.86. The average Bonchev–Trinajstić information content (AvgIpc) is 3.85. The van der Waals surface area contributed by atoms with Crippen molar-refractivity contribution < 1.29 is 50.6 Å². The van der Waals surface area contributed by atoms with Gasteiger partial charge in [0.1, 0.15) is 42.6 Å². The number of thiol groups is 1. The fourth-order valence-corrected chi connectivity index (χ4v) is 8.79. The predicted octanol–water partition coefficient (Wildman–Crippen LogP) is 1.73. The Bertz CT molecular complexity index is 2030. The Morgan fingerprint density at radius 1 is 0.980 bits per heavy atom. The second-order valence-electron chi connectivity index (χ2n) is 11.6. The number of nitrogens with one attached hydrogen (secondary N) is 2. The highest BCUT2D eigenvalue weighted by Crippen LogP contribution is 2.58. The summed E-state index contributed by atoms with van der Waals surface area (Å²) in [5, 5.41) is 5.63. The summed E-state index contributed by atoms with van der Waals surface area (Å²) in [5.74, 6) is -0.168.